The standard InChI is InChI=1S/C21H27B3N8O6S/c1-37-17-11(20-28-15(32-38-20)9-25-39(2,35)36)4-3-5-12(17)26-13-8-14(27-18(33)10-6-7-10)30-31-16(13)19(34)29-21(22,23)24/h3-5,8,10,25H,6-7,9,22-24H2,1-2H3,(H,29,34)(H2,26,27,30,33). The molecule has 4 N–H and O–H groups in total. The molecule has 18 heteroatoms. The van der Waals surface area contributed by atoms with E-state index in [1.165, 1.54) is 13.2 Å². The van der Waals surface area contributed by atoms with Crippen LogP contribution in [0.3, 0.4) is 0 Å². The zero-order valence-electron chi connectivity index (χ0n) is 22.2. The smallest absolute Gasteiger partial charge is 0.272 e. The van der Waals surface area contributed by atoms with Crippen LogP contribution in [0.5, 0.6) is 5.75 Å². The van der Waals surface area contributed by atoms with Gasteiger partial charge in [0.2, 0.25) is 15.9 Å². The van der Waals surface area contributed by atoms with Gasteiger partial charge in [0.05, 0.1) is 36.8 Å². The number of anilines is 3. The number of nitrogens with one attached hydrogen (secondary N) is 4. The van der Waals surface area contributed by atoms with Crippen LogP contribution in [0, 0.1) is 5.92 Å². The molecule has 0 unspecified atom stereocenters. The minimum absolute atomic E-state index is 0.00808. The highest BCUT2D eigenvalue weighted by atomic mass is 32.2. The van der Waals surface area contributed by atoms with E-state index in [1.54, 1.807) is 18.2 Å². The maximum absolute atomic E-state index is 13.0. The van der Waals surface area contributed by atoms with Crippen molar-refractivity contribution in [3.8, 4) is 17.2 Å². The van der Waals surface area contributed by atoms with E-state index in [-0.39, 0.29) is 47.3 Å². The fourth-order valence-electron chi connectivity index (χ4n) is 3.49. The first-order chi connectivity index (χ1) is 18.3. The van der Waals surface area contributed by atoms with Gasteiger partial charge in [-0.3, -0.25) is 9.59 Å². The van der Waals surface area contributed by atoms with Gasteiger partial charge in [-0.2, -0.15) is 4.98 Å². The normalized spacial score (nSPS) is 13.5. The van der Waals surface area contributed by atoms with Gasteiger partial charge in [0.25, 0.3) is 11.8 Å². The molecule has 3 aromatic rings. The molecule has 1 aliphatic carbocycles. The Morgan fingerprint density at radius 2 is 1.92 bits per heavy atom. The molecule has 2 aromatic heterocycles. The maximum atomic E-state index is 13.0. The Hall–Kier alpha value is -3.92. The molecule has 2 amide bonds. The molecule has 1 fully saturated rings. The van der Waals surface area contributed by atoms with Crippen LogP contribution in [-0.4, -0.2) is 82.7 Å². The van der Waals surface area contributed by atoms with E-state index in [4.69, 9.17) is 9.26 Å². The van der Waals surface area contributed by atoms with Gasteiger partial charge in [-0.15, -0.1) is 10.2 Å². The first-order valence-electron chi connectivity index (χ1n) is 12.1. The van der Waals surface area contributed by atoms with E-state index in [2.05, 4.69) is 41.0 Å². The topological polar surface area (TPSA) is 190 Å². The third-order valence-corrected chi connectivity index (χ3v) is 6.05. The zero-order valence-corrected chi connectivity index (χ0v) is 23.0. The number of carbonyl (C=O) groups is 2. The van der Waals surface area contributed by atoms with Crippen molar-refractivity contribution in [1.29, 1.82) is 0 Å². The van der Waals surface area contributed by atoms with Crippen LogP contribution in [-0.2, 0) is 21.4 Å². The molecule has 2 heterocycles. The van der Waals surface area contributed by atoms with Gasteiger partial charge in [-0.1, -0.05) is 11.2 Å². The summed E-state index contributed by atoms with van der Waals surface area (Å²) < 4.78 is 36.0. The van der Waals surface area contributed by atoms with E-state index in [1.807, 2.05) is 23.5 Å². The fraction of sp³-hybridized carbons (Fsp3) is 0.333. The molecule has 202 valence electrons. The summed E-state index contributed by atoms with van der Waals surface area (Å²) in [6, 6.07) is 6.63. The number of sulfonamides is 1. The summed E-state index contributed by atoms with van der Waals surface area (Å²) in [4.78, 5) is 29.6. The molecule has 39 heavy (non-hydrogen) atoms. The number of methoxy groups -OCH3 is 1. The average Bonchev–Trinajstić information content (AvgIpc) is 3.59. The quantitative estimate of drug-likeness (QED) is 0.191. The van der Waals surface area contributed by atoms with Crippen molar-refractivity contribution in [3.05, 3.63) is 35.8 Å². The summed E-state index contributed by atoms with van der Waals surface area (Å²) in [5, 5.41) is 20.2. The highest BCUT2D eigenvalue weighted by Gasteiger charge is 2.30. The lowest BCUT2D eigenvalue weighted by molar-refractivity contribution is -0.117. The molecule has 4 rings (SSSR count). The number of ether oxygens (including phenoxy) is 1. The minimum atomic E-state index is -3.44. The Kier molecular flexibility index (Phi) is 7.97. The van der Waals surface area contributed by atoms with Crippen molar-refractivity contribution in [1.82, 2.24) is 30.4 Å². The van der Waals surface area contributed by atoms with Crippen LogP contribution in [0.2, 0.25) is 0 Å². The summed E-state index contributed by atoms with van der Waals surface area (Å²) in [6.07, 6.45) is 2.67. The van der Waals surface area contributed by atoms with Gasteiger partial charge in [0, 0.05) is 12.0 Å². The number of para-hydroxylation sites is 1. The number of amides is 2. The monoisotopic (exact) mass is 552 g/mol. The summed E-state index contributed by atoms with van der Waals surface area (Å²) in [7, 11) is 3.53. The molecule has 0 bridgehead atoms. The zero-order chi connectivity index (χ0) is 28.4. The van der Waals surface area contributed by atoms with Gasteiger partial charge in [0.15, 0.2) is 23.1 Å². The summed E-state index contributed by atoms with van der Waals surface area (Å²) >= 11 is 0. The molecule has 1 saturated carbocycles. The van der Waals surface area contributed by atoms with Gasteiger partial charge in [-0.25, -0.2) is 13.1 Å². The lowest BCUT2D eigenvalue weighted by Crippen LogP contribution is -2.50. The summed E-state index contributed by atoms with van der Waals surface area (Å²) in [5.41, 5.74) is 1.14. The molecule has 0 aliphatic heterocycles. The second-order valence-electron chi connectivity index (χ2n) is 10.1. The Bertz CT molecular complexity index is 1510. The number of hydrogen-bond acceptors (Lipinski definition) is 11. The van der Waals surface area contributed by atoms with Crippen LogP contribution >= 0.6 is 0 Å². The highest BCUT2D eigenvalue weighted by molar-refractivity contribution is 7.88. The maximum Gasteiger partial charge on any atom is 0.272 e. The van der Waals surface area contributed by atoms with Gasteiger partial charge >= 0.3 is 0 Å². The van der Waals surface area contributed by atoms with Gasteiger partial charge < -0.3 is 25.2 Å². The molecule has 1 aliphatic rings. The number of aromatic nitrogens is 4. The van der Waals surface area contributed by atoms with Gasteiger partial charge in [0.1, 0.15) is 23.5 Å². The molecule has 0 spiro atoms. The van der Waals surface area contributed by atoms with Crippen molar-refractivity contribution in [3.63, 3.8) is 0 Å². The van der Waals surface area contributed by atoms with Gasteiger partial charge in [-0.05, 0) is 30.2 Å². The number of nitrogens with zero attached hydrogens (tertiary/aromatic N) is 4. The Labute approximate surface area is 227 Å². The van der Waals surface area contributed by atoms with Crippen LogP contribution in [0.25, 0.3) is 11.5 Å². The summed E-state index contributed by atoms with van der Waals surface area (Å²) in [6.45, 7) is -0.146. The third-order valence-electron chi connectivity index (χ3n) is 5.38. The lowest BCUT2D eigenvalue weighted by Gasteiger charge is -2.21. The summed E-state index contributed by atoms with van der Waals surface area (Å²) in [5.74, 6) is 0.0637. The van der Waals surface area contributed by atoms with Crippen LogP contribution in [0.15, 0.2) is 28.8 Å². The minimum Gasteiger partial charge on any atom is -0.494 e. The number of carbonyl (C=O) groups excluding carboxylic acids is 2. The second-order valence-corrected chi connectivity index (χ2v) is 11.9. The average molecular weight is 552 g/mol. The lowest BCUT2D eigenvalue weighted by atomic mass is 9.49. The molecular weight excluding hydrogens is 525 g/mol. The molecule has 0 radical (unpaired) electrons. The molecule has 0 saturated heterocycles. The highest BCUT2D eigenvalue weighted by Crippen LogP contribution is 2.38. The van der Waals surface area contributed by atoms with Crippen molar-refractivity contribution >= 4 is 62.6 Å². The molecule has 0 atom stereocenters. The predicted molar refractivity (Wildman–Crippen MR) is 150 cm³/mol. The van der Waals surface area contributed by atoms with E-state index >= 15 is 0 Å². The second kappa shape index (κ2) is 11.1. The largest absolute Gasteiger partial charge is 0.494 e. The molecule has 14 nitrogen and oxygen atoms in total. The number of hydrogen-bond donors (Lipinski definition) is 4. The number of benzene rings is 1. The first kappa shape index (κ1) is 28.1. The van der Waals surface area contributed by atoms with Crippen LogP contribution in [0.1, 0.15) is 29.2 Å². The van der Waals surface area contributed by atoms with Crippen molar-refractivity contribution < 1.29 is 27.3 Å². The van der Waals surface area contributed by atoms with Crippen molar-refractivity contribution in [2.45, 2.75) is 24.6 Å². The molecular formula is C21H27B3N8O6S. The fourth-order valence-corrected chi connectivity index (χ4v) is 3.88. The molecule has 1 aromatic carbocycles. The van der Waals surface area contributed by atoms with Crippen LogP contribution < -0.4 is 25.4 Å². The van der Waals surface area contributed by atoms with E-state index in [9.17, 15) is 18.0 Å². The first-order valence-corrected chi connectivity index (χ1v) is 13.9. The predicted octanol–water partition coefficient (Wildman–Crippen LogP) is -2.08. The Morgan fingerprint density at radius 3 is 2.56 bits per heavy atom. The van der Waals surface area contributed by atoms with Crippen molar-refractivity contribution in [2.75, 3.05) is 24.0 Å². The van der Waals surface area contributed by atoms with E-state index in [0.29, 0.717) is 17.0 Å². The third kappa shape index (κ3) is 7.57. The number of rotatable bonds is 11. The Morgan fingerprint density at radius 1 is 1.18 bits per heavy atom. The SMILES string of the molecule is BC(B)(B)NC(=O)c1nnc(NC(=O)C2CC2)cc1Nc1cccc(-c2nc(CNS(C)(=O)=O)no2)c1OC. The Balaban J connectivity index is 1.67. The van der Waals surface area contributed by atoms with E-state index < -0.39 is 21.2 Å². The van der Waals surface area contributed by atoms with Crippen molar-refractivity contribution in [2.24, 2.45) is 5.92 Å². The van der Waals surface area contributed by atoms with E-state index in [0.717, 1.165) is 19.1 Å². The van der Waals surface area contributed by atoms with Crippen LogP contribution in [0.4, 0.5) is 17.2 Å².